The summed E-state index contributed by atoms with van der Waals surface area (Å²) in [6.45, 7) is 7.25. The summed E-state index contributed by atoms with van der Waals surface area (Å²) in [6, 6.07) is 0. The molecular weight excluding hydrogens is 168 g/mol. The minimum Gasteiger partial charge on any atom is -0.479 e. The molecule has 0 bridgehead atoms. The predicted octanol–water partition coefficient (Wildman–Crippen LogP) is 1.89. The van der Waals surface area contributed by atoms with Crippen LogP contribution in [0.1, 0.15) is 40.5 Å². The van der Waals surface area contributed by atoms with E-state index in [4.69, 9.17) is 5.11 Å². The van der Waals surface area contributed by atoms with E-state index < -0.39 is 11.6 Å². The van der Waals surface area contributed by atoms with Gasteiger partial charge in [-0.1, -0.05) is 34.1 Å². The fourth-order valence-electron chi connectivity index (χ4n) is 1.68. The molecule has 0 aliphatic rings. The summed E-state index contributed by atoms with van der Waals surface area (Å²) < 4.78 is 0. The van der Waals surface area contributed by atoms with Crippen molar-refractivity contribution in [3.8, 4) is 0 Å². The molecule has 2 N–H and O–H groups in total. The number of carbonyl (C=O) groups is 1. The molecule has 0 aliphatic carbocycles. The Balaban J connectivity index is 4.68. The zero-order valence-corrected chi connectivity index (χ0v) is 8.87. The van der Waals surface area contributed by atoms with Gasteiger partial charge in [0.2, 0.25) is 0 Å². The summed E-state index contributed by atoms with van der Waals surface area (Å²) in [4.78, 5) is 10.9. The first-order valence-corrected chi connectivity index (χ1v) is 4.83. The van der Waals surface area contributed by atoms with Gasteiger partial charge in [-0.25, -0.2) is 4.79 Å². The monoisotopic (exact) mass is 188 g/mol. The third-order valence-corrected chi connectivity index (χ3v) is 2.70. The maximum Gasteiger partial charge on any atom is 0.336 e. The van der Waals surface area contributed by atoms with Gasteiger partial charge in [0.15, 0.2) is 5.60 Å². The van der Waals surface area contributed by atoms with Crippen LogP contribution in [-0.2, 0) is 4.79 Å². The Morgan fingerprint density at radius 3 is 2.08 bits per heavy atom. The first-order valence-electron chi connectivity index (χ1n) is 4.83. The molecule has 0 aromatic heterocycles. The molecule has 2 unspecified atom stereocenters. The van der Waals surface area contributed by atoms with Crippen molar-refractivity contribution in [2.45, 2.75) is 46.1 Å². The van der Waals surface area contributed by atoms with E-state index in [2.05, 4.69) is 0 Å². The van der Waals surface area contributed by atoms with Crippen LogP contribution in [0.5, 0.6) is 0 Å². The molecule has 13 heavy (non-hydrogen) atoms. The van der Waals surface area contributed by atoms with Gasteiger partial charge in [-0.2, -0.15) is 0 Å². The van der Waals surface area contributed by atoms with Crippen LogP contribution in [0, 0.1) is 11.8 Å². The molecule has 0 rings (SSSR count). The Bertz CT molecular complexity index is 177. The summed E-state index contributed by atoms with van der Waals surface area (Å²) in [6.07, 6.45) is 1.63. The third-order valence-electron chi connectivity index (χ3n) is 2.70. The topological polar surface area (TPSA) is 57.5 Å². The van der Waals surface area contributed by atoms with Gasteiger partial charge >= 0.3 is 5.97 Å². The molecule has 0 aromatic rings. The van der Waals surface area contributed by atoms with Crippen LogP contribution in [0.15, 0.2) is 0 Å². The van der Waals surface area contributed by atoms with Crippen LogP contribution in [0.2, 0.25) is 0 Å². The van der Waals surface area contributed by atoms with E-state index in [1.54, 1.807) is 20.8 Å². The first kappa shape index (κ1) is 12.4. The van der Waals surface area contributed by atoms with E-state index in [0.717, 1.165) is 12.8 Å². The van der Waals surface area contributed by atoms with Crippen molar-refractivity contribution in [1.29, 1.82) is 0 Å². The zero-order chi connectivity index (χ0) is 10.6. The second-order valence-electron chi connectivity index (χ2n) is 3.97. The molecular formula is C10H20O3. The van der Waals surface area contributed by atoms with E-state index in [1.807, 2.05) is 6.92 Å². The fourth-order valence-corrected chi connectivity index (χ4v) is 1.68. The molecule has 0 amide bonds. The fraction of sp³-hybridized carbons (Fsp3) is 0.900. The Morgan fingerprint density at radius 1 is 1.38 bits per heavy atom. The van der Waals surface area contributed by atoms with Crippen molar-refractivity contribution in [3.05, 3.63) is 0 Å². The van der Waals surface area contributed by atoms with Crippen LogP contribution in [-0.4, -0.2) is 21.8 Å². The number of rotatable bonds is 5. The SMILES string of the molecule is CCCC(C)C(O)(C(=O)O)C(C)C. The Hall–Kier alpha value is -0.570. The molecule has 3 nitrogen and oxygen atoms in total. The van der Waals surface area contributed by atoms with Crippen LogP contribution in [0.4, 0.5) is 0 Å². The van der Waals surface area contributed by atoms with Crippen molar-refractivity contribution < 1.29 is 15.0 Å². The number of carboxylic acids is 1. The molecule has 2 atom stereocenters. The van der Waals surface area contributed by atoms with Crippen LogP contribution in [0.25, 0.3) is 0 Å². The maximum absolute atomic E-state index is 10.9. The van der Waals surface area contributed by atoms with E-state index in [1.165, 1.54) is 0 Å². The van der Waals surface area contributed by atoms with Crippen molar-refractivity contribution >= 4 is 5.97 Å². The largest absolute Gasteiger partial charge is 0.479 e. The van der Waals surface area contributed by atoms with E-state index >= 15 is 0 Å². The average molecular weight is 188 g/mol. The number of aliphatic carboxylic acids is 1. The summed E-state index contributed by atoms with van der Waals surface area (Å²) in [5.74, 6) is -1.56. The van der Waals surface area contributed by atoms with E-state index in [-0.39, 0.29) is 11.8 Å². The summed E-state index contributed by atoms with van der Waals surface area (Å²) in [5.41, 5.74) is -1.57. The Labute approximate surface area is 79.8 Å². The lowest BCUT2D eigenvalue weighted by Gasteiger charge is -2.33. The van der Waals surface area contributed by atoms with Gasteiger partial charge in [-0.3, -0.25) is 0 Å². The standard InChI is InChI=1S/C10H20O3/c1-5-6-8(4)10(13,7(2)3)9(11)12/h7-8,13H,5-6H2,1-4H3,(H,11,12). The quantitative estimate of drug-likeness (QED) is 0.692. The predicted molar refractivity (Wildman–Crippen MR) is 51.5 cm³/mol. The molecule has 78 valence electrons. The number of aliphatic hydroxyl groups is 1. The van der Waals surface area contributed by atoms with Crippen molar-refractivity contribution in [3.63, 3.8) is 0 Å². The molecule has 0 aliphatic heterocycles. The highest BCUT2D eigenvalue weighted by molar-refractivity contribution is 5.77. The third kappa shape index (κ3) is 2.44. The zero-order valence-electron chi connectivity index (χ0n) is 8.87. The number of hydrogen-bond donors (Lipinski definition) is 2. The van der Waals surface area contributed by atoms with Gasteiger partial charge in [-0.15, -0.1) is 0 Å². The second-order valence-corrected chi connectivity index (χ2v) is 3.97. The highest BCUT2D eigenvalue weighted by Gasteiger charge is 2.43. The maximum atomic E-state index is 10.9. The Morgan fingerprint density at radius 2 is 1.85 bits per heavy atom. The lowest BCUT2D eigenvalue weighted by molar-refractivity contribution is -0.171. The van der Waals surface area contributed by atoms with Gasteiger partial charge in [-0.05, 0) is 18.3 Å². The van der Waals surface area contributed by atoms with Crippen LogP contribution >= 0.6 is 0 Å². The first-order chi connectivity index (χ1) is 5.87. The van der Waals surface area contributed by atoms with E-state index in [9.17, 15) is 9.90 Å². The highest BCUT2D eigenvalue weighted by atomic mass is 16.4. The van der Waals surface area contributed by atoms with Crippen LogP contribution in [0.3, 0.4) is 0 Å². The van der Waals surface area contributed by atoms with Gasteiger partial charge in [0.05, 0.1) is 0 Å². The molecule has 0 radical (unpaired) electrons. The molecule has 0 aromatic carbocycles. The normalized spacial score (nSPS) is 18.3. The van der Waals surface area contributed by atoms with Crippen molar-refractivity contribution in [2.75, 3.05) is 0 Å². The lowest BCUT2D eigenvalue weighted by atomic mass is 9.77. The van der Waals surface area contributed by atoms with Gasteiger partial charge < -0.3 is 10.2 Å². The number of hydrogen-bond acceptors (Lipinski definition) is 2. The van der Waals surface area contributed by atoms with Crippen molar-refractivity contribution in [2.24, 2.45) is 11.8 Å². The molecule has 0 saturated heterocycles. The van der Waals surface area contributed by atoms with Crippen LogP contribution < -0.4 is 0 Å². The minimum atomic E-state index is -1.57. The summed E-state index contributed by atoms with van der Waals surface area (Å²) in [5, 5.41) is 18.9. The molecule has 3 heteroatoms. The van der Waals surface area contributed by atoms with Crippen molar-refractivity contribution in [1.82, 2.24) is 0 Å². The van der Waals surface area contributed by atoms with E-state index in [0.29, 0.717) is 0 Å². The molecule has 0 spiro atoms. The number of carboxylic acid groups (broad SMARTS) is 1. The smallest absolute Gasteiger partial charge is 0.336 e. The minimum absolute atomic E-state index is 0.199. The lowest BCUT2D eigenvalue weighted by Crippen LogP contribution is -2.49. The summed E-state index contributed by atoms with van der Waals surface area (Å²) >= 11 is 0. The summed E-state index contributed by atoms with van der Waals surface area (Å²) in [7, 11) is 0. The highest BCUT2D eigenvalue weighted by Crippen LogP contribution is 2.29. The second kappa shape index (κ2) is 4.61. The van der Waals surface area contributed by atoms with Gasteiger partial charge in [0.1, 0.15) is 0 Å². The molecule has 0 fully saturated rings. The molecule has 0 saturated carbocycles. The van der Waals surface area contributed by atoms with Gasteiger partial charge in [0, 0.05) is 0 Å². The average Bonchev–Trinajstić information content (AvgIpc) is 2.02. The molecule has 0 heterocycles. The van der Waals surface area contributed by atoms with Gasteiger partial charge in [0.25, 0.3) is 0 Å². The Kier molecular flexibility index (Phi) is 4.40.